The molecular formula is C24H30O4. The number of esters is 1. The van der Waals surface area contributed by atoms with Gasteiger partial charge in [0.15, 0.2) is 0 Å². The van der Waals surface area contributed by atoms with Gasteiger partial charge in [-0.15, -0.1) is 0 Å². The average molecular weight is 383 g/mol. The monoisotopic (exact) mass is 382 g/mol. The smallest absolute Gasteiger partial charge is 0.335 e. The topological polar surface area (TPSA) is 63.6 Å². The van der Waals surface area contributed by atoms with E-state index in [4.69, 9.17) is 9.84 Å². The van der Waals surface area contributed by atoms with Crippen molar-refractivity contribution in [3.63, 3.8) is 0 Å². The predicted octanol–water partition coefficient (Wildman–Crippen LogP) is 6.44. The molecule has 0 fully saturated rings. The summed E-state index contributed by atoms with van der Waals surface area (Å²) in [4.78, 5) is 22.5. The van der Waals surface area contributed by atoms with Crippen molar-refractivity contribution in [1.82, 2.24) is 0 Å². The highest BCUT2D eigenvalue weighted by Crippen LogP contribution is 2.35. The van der Waals surface area contributed by atoms with Gasteiger partial charge in [-0.05, 0) is 53.3 Å². The molecule has 28 heavy (non-hydrogen) atoms. The van der Waals surface area contributed by atoms with E-state index in [2.05, 4.69) is 13.8 Å². The molecule has 0 aromatic heterocycles. The van der Waals surface area contributed by atoms with Crippen molar-refractivity contribution in [2.75, 3.05) is 0 Å². The fourth-order valence-electron chi connectivity index (χ4n) is 3.44. The Labute approximate surface area is 167 Å². The van der Waals surface area contributed by atoms with Gasteiger partial charge >= 0.3 is 11.9 Å². The Morgan fingerprint density at radius 2 is 1.68 bits per heavy atom. The lowest BCUT2D eigenvalue weighted by Crippen LogP contribution is -2.04. The van der Waals surface area contributed by atoms with Crippen LogP contribution in [0, 0.1) is 0 Å². The minimum atomic E-state index is -0.933. The summed E-state index contributed by atoms with van der Waals surface area (Å²) in [6.45, 7) is 5.81. The maximum Gasteiger partial charge on any atom is 0.335 e. The summed E-state index contributed by atoms with van der Waals surface area (Å²) >= 11 is 0. The Bertz CT molecular complexity index is 793. The van der Waals surface area contributed by atoms with E-state index in [1.165, 1.54) is 32.6 Å². The minimum Gasteiger partial charge on any atom is -0.478 e. The van der Waals surface area contributed by atoms with Crippen molar-refractivity contribution in [2.45, 2.75) is 65.2 Å². The number of hydrogen-bond donors (Lipinski definition) is 1. The second-order valence-corrected chi connectivity index (χ2v) is 7.33. The van der Waals surface area contributed by atoms with Crippen molar-refractivity contribution < 1.29 is 19.4 Å². The number of carboxylic acids is 1. The summed E-state index contributed by atoms with van der Waals surface area (Å²) in [5.41, 5.74) is 3.41. The van der Waals surface area contributed by atoms with Crippen LogP contribution in [-0.2, 0) is 4.79 Å². The van der Waals surface area contributed by atoms with Gasteiger partial charge in [-0.1, -0.05) is 64.2 Å². The van der Waals surface area contributed by atoms with Crippen molar-refractivity contribution in [2.24, 2.45) is 0 Å². The lowest BCUT2D eigenvalue weighted by molar-refractivity contribution is -0.131. The lowest BCUT2D eigenvalue weighted by atomic mass is 9.88. The van der Waals surface area contributed by atoms with Crippen LogP contribution in [-0.4, -0.2) is 17.0 Å². The largest absolute Gasteiger partial charge is 0.478 e. The van der Waals surface area contributed by atoms with Gasteiger partial charge in [-0.2, -0.15) is 0 Å². The van der Waals surface area contributed by atoms with E-state index in [1.807, 2.05) is 24.3 Å². The fraction of sp³-hybridized carbons (Fsp3) is 0.417. The van der Waals surface area contributed by atoms with E-state index >= 15 is 0 Å². The molecule has 2 aromatic carbocycles. The van der Waals surface area contributed by atoms with Crippen molar-refractivity contribution in [3.8, 4) is 16.9 Å². The molecule has 1 atom stereocenters. The SMILES string of the molecule is CCCCCCC[C@@H](C)c1cc(OC(C)=O)ccc1-c1ccc(C(=O)O)cc1. The fourth-order valence-corrected chi connectivity index (χ4v) is 3.44. The van der Waals surface area contributed by atoms with E-state index in [-0.39, 0.29) is 11.5 Å². The number of benzene rings is 2. The molecule has 0 unspecified atom stereocenters. The van der Waals surface area contributed by atoms with Gasteiger partial charge < -0.3 is 9.84 Å². The van der Waals surface area contributed by atoms with E-state index in [0.717, 1.165) is 29.5 Å². The van der Waals surface area contributed by atoms with Crippen LogP contribution in [0.5, 0.6) is 5.75 Å². The first-order valence-electron chi connectivity index (χ1n) is 10.1. The van der Waals surface area contributed by atoms with Crippen LogP contribution in [0.25, 0.3) is 11.1 Å². The van der Waals surface area contributed by atoms with Crippen LogP contribution >= 0.6 is 0 Å². The number of carbonyl (C=O) groups excluding carboxylic acids is 1. The first-order chi connectivity index (χ1) is 13.4. The zero-order chi connectivity index (χ0) is 20.5. The van der Waals surface area contributed by atoms with E-state index in [9.17, 15) is 9.59 Å². The van der Waals surface area contributed by atoms with E-state index < -0.39 is 5.97 Å². The zero-order valence-electron chi connectivity index (χ0n) is 17.0. The normalized spacial score (nSPS) is 11.8. The van der Waals surface area contributed by atoms with Gasteiger partial charge in [-0.25, -0.2) is 4.79 Å². The van der Waals surface area contributed by atoms with E-state index in [1.54, 1.807) is 18.2 Å². The standard InChI is InChI=1S/C24H30O4/c1-4-5-6-7-8-9-17(2)23-16-21(28-18(3)25)14-15-22(23)19-10-12-20(13-11-19)24(26)27/h10-17H,4-9H2,1-3H3,(H,26,27)/t17-/m1/s1. The van der Waals surface area contributed by atoms with Crippen molar-refractivity contribution >= 4 is 11.9 Å². The molecule has 0 radical (unpaired) electrons. The molecule has 0 saturated heterocycles. The Morgan fingerprint density at radius 3 is 2.29 bits per heavy atom. The molecule has 0 amide bonds. The Kier molecular flexibility index (Phi) is 8.24. The third-order valence-corrected chi connectivity index (χ3v) is 5.00. The van der Waals surface area contributed by atoms with Gasteiger partial charge in [0.1, 0.15) is 5.75 Å². The van der Waals surface area contributed by atoms with Gasteiger partial charge in [-0.3, -0.25) is 4.79 Å². The Morgan fingerprint density at radius 1 is 1.00 bits per heavy atom. The summed E-state index contributed by atoms with van der Waals surface area (Å²) in [5.74, 6) is -0.410. The first-order valence-corrected chi connectivity index (χ1v) is 10.1. The van der Waals surface area contributed by atoms with Crippen molar-refractivity contribution in [3.05, 3.63) is 53.6 Å². The third kappa shape index (κ3) is 6.22. The van der Waals surface area contributed by atoms with Gasteiger partial charge in [0.2, 0.25) is 0 Å². The maximum atomic E-state index is 11.3. The highest BCUT2D eigenvalue weighted by Gasteiger charge is 2.15. The highest BCUT2D eigenvalue weighted by molar-refractivity contribution is 5.88. The quantitative estimate of drug-likeness (QED) is 0.292. The maximum absolute atomic E-state index is 11.3. The summed E-state index contributed by atoms with van der Waals surface area (Å²) in [7, 11) is 0. The number of aromatic carboxylic acids is 1. The molecule has 2 aromatic rings. The molecule has 0 heterocycles. The highest BCUT2D eigenvalue weighted by atomic mass is 16.5. The van der Waals surface area contributed by atoms with Crippen LogP contribution in [0.4, 0.5) is 0 Å². The number of carboxylic acid groups (broad SMARTS) is 1. The summed E-state index contributed by atoms with van der Waals surface area (Å²) < 4.78 is 5.29. The first kappa shape index (κ1) is 21.7. The van der Waals surface area contributed by atoms with E-state index in [0.29, 0.717) is 11.7 Å². The van der Waals surface area contributed by atoms with Crippen molar-refractivity contribution in [1.29, 1.82) is 0 Å². The lowest BCUT2D eigenvalue weighted by Gasteiger charge is -2.18. The zero-order valence-corrected chi connectivity index (χ0v) is 17.0. The molecule has 0 aliphatic heterocycles. The number of rotatable bonds is 10. The number of hydrogen-bond acceptors (Lipinski definition) is 3. The second-order valence-electron chi connectivity index (χ2n) is 7.33. The van der Waals surface area contributed by atoms with Gasteiger partial charge in [0.05, 0.1) is 5.56 Å². The van der Waals surface area contributed by atoms with Crippen LogP contribution in [0.1, 0.15) is 81.1 Å². The van der Waals surface area contributed by atoms with Crippen LogP contribution in [0.15, 0.2) is 42.5 Å². The molecule has 150 valence electrons. The predicted molar refractivity (Wildman–Crippen MR) is 112 cm³/mol. The van der Waals surface area contributed by atoms with Crippen LogP contribution in [0.2, 0.25) is 0 Å². The molecule has 2 rings (SSSR count). The van der Waals surface area contributed by atoms with Gasteiger partial charge in [0, 0.05) is 6.92 Å². The molecule has 1 N–H and O–H groups in total. The Hall–Kier alpha value is -2.62. The molecule has 0 aliphatic rings. The minimum absolute atomic E-state index is 0.269. The molecule has 4 heteroatoms. The van der Waals surface area contributed by atoms with Gasteiger partial charge in [0.25, 0.3) is 0 Å². The number of unbranched alkanes of at least 4 members (excludes halogenated alkanes) is 4. The molecular weight excluding hydrogens is 352 g/mol. The number of ether oxygens (including phenoxy) is 1. The molecule has 0 saturated carbocycles. The van der Waals surface area contributed by atoms with Crippen LogP contribution in [0.3, 0.4) is 0 Å². The molecule has 0 spiro atoms. The molecule has 0 bridgehead atoms. The third-order valence-electron chi connectivity index (χ3n) is 5.00. The number of carbonyl (C=O) groups is 2. The molecule has 0 aliphatic carbocycles. The second kappa shape index (κ2) is 10.6. The summed E-state index contributed by atoms with van der Waals surface area (Å²) in [5, 5.41) is 9.12. The Balaban J connectivity index is 2.27. The van der Waals surface area contributed by atoms with Crippen LogP contribution < -0.4 is 4.74 Å². The average Bonchev–Trinajstić information content (AvgIpc) is 2.67. The summed E-state index contributed by atoms with van der Waals surface area (Å²) in [6.07, 6.45) is 7.22. The molecule has 4 nitrogen and oxygen atoms in total. The summed E-state index contributed by atoms with van der Waals surface area (Å²) in [6, 6.07) is 12.6.